The standard InChI is InChI=1S/C14H19NO3/c1-4-5-6-7-15-10-11-8-12(17-2)14(16)13(9-11)18-3/h8-9,15-16H,6-7,10H2,1-3H3. The molecule has 0 saturated heterocycles. The van der Waals surface area contributed by atoms with Gasteiger partial charge >= 0.3 is 0 Å². The van der Waals surface area contributed by atoms with Crippen molar-refractivity contribution in [1.29, 1.82) is 0 Å². The third kappa shape index (κ3) is 3.86. The van der Waals surface area contributed by atoms with E-state index in [2.05, 4.69) is 17.2 Å². The van der Waals surface area contributed by atoms with E-state index in [-0.39, 0.29) is 5.75 Å². The van der Waals surface area contributed by atoms with Crippen molar-refractivity contribution in [2.75, 3.05) is 20.8 Å². The molecule has 0 radical (unpaired) electrons. The molecule has 1 aromatic rings. The highest BCUT2D eigenvalue weighted by Gasteiger charge is 2.10. The lowest BCUT2D eigenvalue weighted by molar-refractivity contribution is 0.339. The molecule has 0 saturated carbocycles. The third-order valence-corrected chi connectivity index (χ3v) is 2.47. The van der Waals surface area contributed by atoms with Gasteiger partial charge in [-0.05, 0) is 24.6 Å². The summed E-state index contributed by atoms with van der Waals surface area (Å²) in [6.45, 7) is 3.33. The molecule has 0 aromatic heterocycles. The van der Waals surface area contributed by atoms with Crippen molar-refractivity contribution in [3.05, 3.63) is 17.7 Å². The largest absolute Gasteiger partial charge is 0.502 e. The van der Waals surface area contributed by atoms with Crippen molar-refractivity contribution < 1.29 is 14.6 Å². The summed E-state index contributed by atoms with van der Waals surface area (Å²) in [5, 5.41) is 13.0. The lowest BCUT2D eigenvalue weighted by Gasteiger charge is -2.11. The number of phenols is 1. The van der Waals surface area contributed by atoms with Gasteiger partial charge in [0.1, 0.15) is 0 Å². The fraction of sp³-hybridized carbons (Fsp3) is 0.429. The van der Waals surface area contributed by atoms with E-state index in [0.29, 0.717) is 18.0 Å². The van der Waals surface area contributed by atoms with Crippen LogP contribution in [0.25, 0.3) is 0 Å². The SMILES string of the molecule is CC#CCCNCc1cc(OC)c(O)c(OC)c1. The average molecular weight is 249 g/mol. The molecule has 0 atom stereocenters. The van der Waals surface area contributed by atoms with E-state index in [0.717, 1.165) is 18.5 Å². The topological polar surface area (TPSA) is 50.7 Å². The van der Waals surface area contributed by atoms with Gasteiger partial charge in [-0.2, -0.15) is 0 Å². The first-order valence-electron chi connectivity index (χ1n) is 5.77. The number of rotatable bonds is 6. The van der Waals surface area contributed by atoms with E-state index in [1.165, 1.54) is 14.2 Å². The maximum atomic E-state index is 9.77. The van der Waals surface area contributed by atoms with Crippen LogP contribution in [-0.2, 0) is 6.54 Å². The highest BCUT2D eigenvalue weighted by molar-refractivity contribution is 5.52. The van der Waals surface area contributed by atoms with Crippen LogP contribution >= 0.6 is 0 Å². The maximum absolute atomic E-state index is 9.77. The molecule has 1 rings (SSSR count). The van der Waals surface area contributed by atoms with Gasteiger partial charge in [-0.3, -0.25) is 0 Å². The van der Waals surface area contributed by atoms with Crippen molar-refractivity contribution in [2.24, 2.45) is 0 Å². The summed E-state index contributed by atoms with van der Waals surface area (Å²) in [7, 11) is 3.03. The van der Waals surface area contributed by atoms with Crippen molar-refractivity contribution in [3.63, 3.8) is 0 Å². The molecule has 0 aliphatic carbocycles. The van der Waals surface area contributed by atoms with Gasteiger partial charge in [0, 0.05) is 19.5 Å². The van der Waals surface area contributed by atoms with Crippen LogP contribution in [0.3, 0.4) is 0 Å². The Morgan fingerprint density at radius 2 is 1.83 bits per heavy atom. The zero-order valence-electron chi connectivity index (χ0n) is 11.0. The van der Waals surface area contributed by atoms with E-state index >= 15 is 0 Å². The first-order valence-corrected chi connectivity index (χ1v) is 5.77. The predicted octanol–water partition coefficient (Wildman–Crippen LogP) is 1.91. The number of phenolic OH excluding ortho intramolecular Hbond substituents is 1. The molecular formula is C14H19NO3. The highest BCUT2D eigenvalue weighted by atomic mass is 16.5. The summed E-state index contributed by atoms with van der Waals surface area (Å²) in [5.41, 5.74) is 0.992. The molecular weight excluding hydrogens is 230 g/mol. The zero-order chi connectivity index (χ0) is 13.4. The van der Waals surface area contributed by atoms with Crippen LogP contribution < -0.4 is 14.8 Å². The fourth-order valence-electron chi connectivity index (χ4n) is 1.56. The van der Waals surface area contributed by atoms with Gasteiger partial charge in [0.25, 0.3) is 0 Å². The van der Waals surface area contributed by atoms with Crippen LogP contribution in [0, 0.1) is 11.8 Å². The molecule has 0 fully saturated rings. The zero-order valence-corrected chi connectivity index (χ0v) is 11.0. The van der Waals surface area contributed by atoms with Gasteiger partial charge in [-0.1, -0.05) is 0 Å². The first-order chi connectivity index (χ1) is 8.72. The van der Waals surface area contributed by atoms with Gasteiger partial charge < -0.3 is 19.9 Å². The molecule has 0 heterocycles. The quantitative estimate of drug-likeness (QED) is 0.597. The highest BCUT2D eigenvalue weighted by Crippen LogP contribution is 2.36. The Morgan fingerprint density at radius 1 is 1.22 bits per heavy atom. The lowest BCUT2D eigenvalue weighted by Crippen LogP contribution is -2.14. The third-order valence-electron chi connectivity index (χ3n) is 2.47. The van der Waals surface area contributed by atoms with E-state index in [9.17, 15) is 5.11 Å². The summed E-state index contributed by atoms with van der Waals surface area (Å²) in [4.78, 5) is 0. The smallest absolute Gasteiger partial charge is 0.200 e. The minimum atomic E-state index is 0.0283. The maximum Gasteiger partial charge on any atom is 0.200 e. The molecule has 2 N–H and O–H groups in total. The van der Waals surface area contributed by atoms with Crippen LogP contribution in [0.1, 0.15) is 18.9 Å². The van der Waals surface area contributed by atoms with Gasteiger partial charge in [-0.15, -0.1) is 11.8 Å². The van der Waals surface area contributed by atoms with E-state index in [4.69, 9.17) is 9.47 Å². The summed E-state index contributed by atoms with van der Waals surface area (Å²) >= 11 is 0. The molecule has 0 amide bonds. The number of methoxy groups -OCH3 is 2. The van der Waals surface area contributed by atoms with Crippen LogP contribution in [-0.4, -0.2) is 25.9 Å². The monoisotopic (exact) mass is 249 g/mol. The number of ether oxygens (including phenoxy) is 2. The molecule has 0 aliphatic rings. The van der Waals surface area contributed by atoms with E-state index in [1.807, 2.05) is 6.92 Å². The lowest BCUT2D eigenvalue weighted by atomic mass is 10.2. The fourth-order valence-corrected chi connectivity index (χ4v) is 1.56. The molecule has 0 unspecified atom stereocenters. The normalized spacial score (nSPS) is 9.50. The summed E-state index contributed by atoms with van der Waals surface area (Å²) in [6, 6.07) is 3.58. The van der Waals surface area contributed by atoms with Crippen molar-refractivity contribution in [1.82, 2.24) is 5.32 Å². The second kappa shape index (κ2) is 7.46. The molecule has 98 valence electrons. The number of nitrogens with one attached hydrogen (secondary N) is 1. The molecule has 18 heavy (non-hydrogen) atoms. The van der Waals surface area contributed by atoms with Crippen molar-refractivity contribution in [2.45, 2.75) is 19.9 Å². The van der Waals surface area contributed by atoms with Crippen LogP contribution in [0.2, 0.25) is 0 Å². The van der Waals surface area contributed by atoms with Gasteiger partial charge in [0.2, 0.25) is 5.75 Å². The Balaban J connectivity index is 2.67. The first kappa shape index (κ1) is 14.2. The minimum absolute atomic E-state index is 0.0283. The Bertz CT molecular complexity index is 421. The number of aromatic hydroxyl groups is 1. The van der Waals surface area contributed by atoms with Gasteiger partial charge in [-0.25, -0.2) is 0 Å². The number of hydrogen-bond acceptors (Lipinski definition) is 4. The molecule has 1 aromatic carbocycles. The second-order valence-corrected chi connectivity index (χ2v) is 3.70. The summed E-state index contributed by atoms with van der Waals surface area (Å²) in [6.07, 6.45) is 0.822. The van der Waals surface area contributed by atoms with Gasteiger partial charge in [0.15, 0.2) is 11.5 Å². The predicted molar refractivity (Wildman–Crippen MR) is 71.0 cm³/mol. The molecule has 0 bridgehead atoms. The van der Waals surface area contributed by atoms with Crippen molar-refractivity contribution >= 4 is 0 Å². The van der Waals surface area contributed by atoms with Crippen LogP contribution in [0.15, 0.2) is 12.1 Å². The molecule has 4 heteroatoms. The van der Waals surface area contributed by atoms with E-state index in [1.54, 1.807) is 12.1 Å². The van der Waals surface area contributed by atoms with Crippen LogP contribution in [0.5, 0.6) is 17.2 Å². The van der Waals surface area contributed by atoms with E-state index < -0.39 is 0 Å². The second-order valence-electron chi connectivity index (χ2n) is 3.70. The van der Waals surface area contributed by atoms with Gasteiger partial charge in [0.05, 0.1) is 14.2 Å². The summed E-state index contributed by atoms with van der Waals surface area (Å²) < 4.78 is 10.2. The Hall–Kier alpha value is -1.86. The van der Waals surface area contributed by atoms with Crippen LogP contribution in [0.4, 0.5) is 0 Å². The van der Waals surface area contributed by atoms with Crippen molar-refractivity contribution in [3.8, 4) is 29.1 Å². The number of benzene rings is 1. The average Bonchev–Trinajstić information content (AvgIpc) is 2.40. The number of hydrogen-bond donors (Lipinski definition) is 2. The molecule has 4 nitrogen and oxygen atoms in total. The Morgan fingerprint density at radius 3 is 2.33 bits per heavy atom. The molecule has 0 spiro atoms. The summed E-state index contributed by atoms with van der Waals surface area (Å²) in [5.74, 6) is 6.69. The Kier molecular flexibility index (Phi) is 5.89. The Labute approximate surface area is 108 Å². The molecule has 0 aliphatic heterocycles. The minimum Gasteiger partial charge on any atom is -0.502 e.